The molecule has 1 aliphatic rings. The second kappa shape index (κ2) is 8.91. The van der Waals surface area contributed by atoms with Crippen LogP contribution in [0, 0.1) is 5.92 Å². The van der Waals surface area contributed by atoms with Gasteiger partial charge in [0.2, 0.25) is 0 Å². The van der Waals surface area contributed by atoms with Gasteiger partial charge in [0.15, 0.2) is 6.17 Å². The van der Waals surface area contributed by atoms with Crippen LogP contribution in [-0.4, -0.2) is 35.4 Å². The minimum atomic E-state index is -3.04. The maximum atomic E-state index is 13.6. The summed E-state index contributed by atoms with van der Waals surface area (Å²) in [7, 11) is 0. The number of benzene rings is 1. The largest absolute Gasteiger partial charge is 0.324 e. The minimum absolute atomic E-state index is 0.0229. The molecule has 0 aliphatic carbocycles. The molecule has 1 aromatic heterocycles. The van der Waals surface area contributed by atoms with Gasteiger partial charge in [0.1, 0.15) is 0 Å². The molecule has 1 aliphatic heterocycles. The predicted molar refractivity (Wildman–Crippen MR) is 103 cm³/mol. The van der Waals surface area contributed by atoms with Crippen molar-refractivity contribution in [2.24, 2.45) is 5.92 Å². The van der Waals surface area contributed by atoms with Gasteiger partial charge in [-0.2, -0.15) is 0 Å². The Kier molecular flexibility index (Phi) is 6.34. The molecule has 0 spiro atoms. The van der Waals surface area contributed by atoms with Gasteiger partial charge in [-0.15, -0.1) is 0 Å². The number of likely N-dealkylation sites (tertiary alicyclic amines) is 1. The number of carbonyl (C=O) groups excluding carboxylic acids is 1. The number of rotatable bonds is 4. The number of hydrogen-bond acceptors (Lipinski definition) is 2. The molecule has 7 heteroatoms. The van der Waals surface area contributed by atoms with Crippen LogP contribution in [0.3, 0.4) is 0 Å². The Hall–Kier alpha value is -2.83. The zero-order valence-electron chi connectivity index (χ0n) is 15.5. The summed E-state index contributed by atoms with van der Waals surface area (Å²) in [5.41, 5.74) is 2.41. The van der Waals surface area contributed by atoms with Gasteiger partial charge in [-0.05, 0) is 41.7 Å². The van der Waals surface area contributed by atoms with E-state index < -0.39 is 12.6 Å². The van der Waals surface area contributed by atoms with Crippen LogP contribution in [0.15, 0.2) is 54.4 Å². The predicted octanol–water partition coefficient (Wildman–Crippen LogP) is 5.31. The Bertz CT molecular complexity index is 842. The third-order valence-corrected chi connectivity index (χ3v) is 4.80. The summed E-state index contributed by atoms with van der Waals surface area (Å²) >= 11 is 0. The first-order valence-electron chi connectivity index (χ1n) is 9.12. The van der Waals surface area contributed by atoms with E-state index in [-0.39, 0.29) is 17.5 Å². The summed E-state index contributed by atoms with van der Waals surface area (Å²) in [6.07, 6.45) is 0.470. The lowest BCUT2D eigenvalue weighted by atomic mass is 9.91. The number of piperidine rings is 1. The number of alkyl halides is 3. The van der Waals surface area contributed by atoms with E-state index in [1.165, 1.54) is 12.1 Å². The molecule has 2 aromatic rings. The highest BCUT2D eigenvalue weighted by molar-refractivity contribution is 5.89. The van der Waals surface area contributed by atoms with Crippen molar-refractivity contribution in [2.75, 3.05) is 18.4 Å². The van der Waals surface area contributed by atoms with Gasteiger partial charge in [-0.1, -0.05) is 36.8 Å². The maximum Gasteiger partial charge on any atom is 0.321 e. The average molecular weight is 389 g/mol. The van der Waals surface area contributed by atoms with Gasteiger partial charge >= 0.3 is 6.03 Å². The summed E-state index contributed by atoms with van der Waals surface area (Å²) < 4.78 is 38.8. The third-order valence-electron chi connectivity index (χ3n) is 4.80. The zero-order chi connectivity index (χ0) is 20.1. The van der Waals surface area contributed by atoms with Gasteiger partial charge in [-0.25, -0.2) is 18.0 Å². The number of amides is 2. The summed E-state index contributed by atoms with van der Waals surface area (Å²) in [4.78, 5) is 18.1. The van der Waals surface area contributed by atoms with Gasteiger partial charge in [0.25, 0.3) is 6.43 Å². The van der Waals surface area contributed by atoms with Crippen molar-refractivity contribution in [1.82, 2.24) is 9.88 Å². The number of urea groups is 1. The molecule has 1 fully saturated rings. The lowest BCUT2D eigenvalue weighted by Gasteiger charge is -2.33. The minimum Gasteiger partial charge on any atom is -0.324 e. The fourth-order valence-electron chi connectivity index (χ4n) is 3.27. The van der Waals surface area contributed by atoms with Gasteiger partial charge in [0.05, 0.1) is 11.9 Å². The first-order valence-corrected chi connectivity index (χ1v) is 9.12. The van der Waals surface area contributed by atoms with E-state index in [1.54, 1.807) is 41.6 Å². The lowest BCUT2D eigenvalue weighted by Crippen LogP contribution is -2.42. The molecule has 1 aromatic carbocycles. The van der Waals surface area contributed by atoms with E-state index in [0.29, 0.717) is 30.8 Å². The number of pyridine rings is 1. The molecular formula is C21H22F3N3O. The summed E-state index contributed by atoms with van der Waals surface area (Å²) in [5, 5.41) is 2.82. The van der Waals surface area contributed by atoms with Crippen LogP contribution in [0.5, 0.6) is 0 Å². The molecule has 2 atom stereocenters. The number of anilines is 1. The van der Waals surface area contributed by atoms with Crippen molar-refractivity contribution < 1.29 is 18.0 Å². The highest BCUT2D eigenvalue weighted by atomic mass is 19.3. The van der Waals surface area contributed by atoms with Gasteiger partial charge in [0, 0.05) is 19.3 Å². The first-order chi connectivity index (χ1) is 13.4. The van der Waals surface area contributed by atoms with Crippen LogP contribution in [0.25, 0.3) is 6.08 Å². The topological polar surface area (TPSA) is 45.2 Å². The Morgan fingerprint density at radius 1 is 1.29 bits per heavy atom. The normalized spacial score (nSPS) is 19.7. The second-order valence-electron chi connectivity index (χ2n) is 6.89. The van der Waals surface area contributed by atoms with Crippen LogP contribution in [0.4, 0.5) is 23.7 Å². The highest BCUT2D eigenvalue weighted by Gasteiger charge is 2.25. The van der Waals surface area contributed by atoms with E-state index in [1.807, 2.05) is 13.0 Å². The zero-order valence-corrected chi connectivity index (χ0v) is 15.5. The fourth-order valence-corrected chi connectivity index (χ4v) is 3.27. The Balaban J connectivity index is 1.65. The summed E-state index contributed by atoms with van der Waals surface area (Å²) in [5.74, 6) is 0.105. The number of nitrogens with zero attached hydrogens (tertiary/aromatic N) is 2. The quantitative estimate of drug-likeness (QED) is 0.770. The smallest absolute Gasteiger partial charge is 0.321 e. The van der Waals surface area contributed by atoms with Crippen molar-refractivity contribution >= 4 is 17.8 Å². The molecule has 2 heterocycles. The second-order valence-corrected chi connectivity index (χ2v) is 6.89. The van der Waals surface area contributed by atoms with Crippen molar-refractivity contribution in [3.05, 3.63) is 65.5 Å². The molecule has 4 nitrogen and oxygen atoms in total. The molecule has 1 N–H and O–H groups in total. The standard InChI is InChI=1S/C21H22F3N3O/c1-14-13-27(21(28)26-18-6-3-8-25-12-18)9-7-16(14)10-15-4-2-5-17(11-15)19(22)20(23)24/h2-6,8,10-12,14,19-20H,7,9,13H2,1H3,(H,26,28). The number of carbonyl (C=O) groups is 1. The average Bonchev–Trinajstić information content (AvgIpc) is 2.69. The van der Waals surface area contributed by atoms with Crippen LogP contribution in [-0.2, 0) is 0 Å². The van der Waals surface area contributed by atoms with Crippen LogP contribution in [0.1, 0.15) is 30.6 Å². The van der Waals surface area contributed by atoms with E-state index in [2.05, 4.69) is 10.3 Å². The maximum absolute atomic E-state index is 13.6. The SMILES string of the molecule is CC1CN(C(=O)Nc2cccnc2)CCC1=Cc1cccc(C(F)C(F)F)c1. The Morgan fingerprint density at radius 3 is 2.79 bits per heavy atom. The van der Waals surface area contributed by atoms with E-state index in [9.17, 15) is 18.0 Å². The van der Waals surface area contributed by atoms with Crippen molar-refractivity contribution in [3.8, 4) is 0 Å². The van der Waals surface area contributed by atoms with E-state index >= 15 is 0 Å². The van der Waals surface area contributed by atoms with Crippen LogP contribution >= 0.6 is 0 Å². The summed E-state index contributed by atoms with van der Waals surface area (Å²) in [6.45, 7) is 3.10. The molecular weight excluding hydrogens is 367 g/mol. The monoisotopic (exact) mass is 389 g/mol. The molecule has 28 heavy (non-hydrogen) atoms. The molecule has 0 radical (unpaired) electrons. The van der Waals surface area contributed by atoms with Crippen molar-refractivity contribution in [1.29, 1.82) is 0 Å². The number of aromatic nitrogens is 1. The van der Waals surface area contributed by atoms with Crippen molar-refractivity contribution in [2.45, 2.75) is 25.9 Å². The number of hydrogen-bond donors (Lipinski definition) is 1. The van der Waals surface area contributed by atoms with Gasteiger partial charge < -0.3 is 10.2 Å². The van der Waals surface area contributed by atoms with Crippen molar-refractivity contribution in [3.63, 3.8) is 0 Å². The third kappa shape index (κ3) is 4.91. The fraction of sp³-hybridized carbons (Fsp3) is 0.333. The van der Waals surface area contributed by atoms with Crippen LogP contribution in [0.2, 0.25) is 0 Å². The highest BCUT2D eigenvalue weighted by Crippen LogP contribution is 2.28. The Labute approximate surface area is 162 Å². The number of nitrogens with one attached hydrogen (secondary N) is 1. The molecule has 2 unspecified atom stereocenters. The first kappa shape index (κ1) is 19.9. The molecule has 1 saturated heterocycles. The summed E-state index contributed by atoms with van der Waals surface area (Å²) in [6, 6.07) is 9.51. The lowest BCUT2D eigenvalue weighted by molar-refractivity contribution is 0.0495. The van der Waals surface area contributed by atoms with E-state index in [4.69, 9.17) is 0 Å². The molecule has 0 saturated carbocycles. The molecule has 148 valence electrons. The van der Waals surface area contributed by atoms with Gasteiger partial charge in [-0.3, -0.25) is 4.98 Å². The molecule has 0 bridgehead atoms. The molecule has 2 amide bonds. The number of halogens is 3. The van der Waals surface area contributed by atoms with Crippen LogP contribution < -0.4 is 5.32 Å². The molecule has 3 rings (SSSR count). The van der Waals surface area contributed by atoms with E-state index in [0.717, 1.165) is 5.57 Å². The Morgan fingerprint density at radius 2 is 2.11 bits per heavy atom.